The first-order chi connectivity index (χ1) is 11.3. The van der Waals surface area contributed by atoms with Gasteiger partial charge in [0.15, 0.2) is 5.13 Å². The predicted octanol–water partition coefficient (Wildman–Crippen LogP) is 4.33. The van der Waals surface area contributed by atoms with Gasteiger partial charge in [0.05, 0.1) is 5.69 Å². The Morgan fingerprint density at radius 1 is 1.22 bits per heavy atom. The van der Waals surface area contributed by atoms with Gasteiger partial charge in [-0.3, -0.25) is 4.79 Å². The minimum atomic E-state index is -0.0264. The summed E-state index contributed by atoms with van der Waals surface area (Å²) in [5.74, 6) is -0.0264. The number of fused-ring (bicyclic) bond motifs is 1. The van der Waals surface area contributed by atoms with Crippen LogP contribution in [0.5, 0.6) is 0 Å². The quantitative estimate of drug-likeness (QED) is 0.686. The normalized spacial score (nSPS) is 10.8. The smallest absolute Gasteiger partial charge is 0.226 e. The fraction of sp³-hybridized carbons (Fsp3) is 0.222. The van der Waals surface area contributed by atoms with Crippen LogP contribution in [0, 0.1) is 0 Å². The number of carbonyl (C=O) groups excluding carboxylic acids is 1. The van der Waals surface area contributed by atoms with Crippen LogP contribution >= 0.6 is 11.3 Å². The molecule has 118 valence electrons. The topological polar surface area (TPSA) is 51.2 Å². The van der Waals surface area contributed by atoms with Crippen molar-refractivity contribution in [2.24, 2.45) is 0 Å². The number of methoxy groups -OCH3 is 1. The molecule has 0 saturated carbocycles. The number of benzene rings is 2. The highest BCUT2D eigenvalue weighted by Crippen LogP contribution is 2.27. The van der Waals surface area contributed by atoms with Crippen molar-refractivity contribution in [2.75, 3.05) is 19.0 Å². The summed E-state index contributed by atoms with van der Waals surface area (Å²) in [6, 6.07) is 14.5. The molecule has 1 amide bonds. The highest BCUT2D eigenvalue weighted by Gasteiger charge is 2.08. The van der Waals surface area contributed by atoms with E-state index in [0.717, 1.165) is 11.3 Å². The molecule has 0 spiro atoms. The first-order valence-electron chi connectivity index (χ1n) is 7.50. The average molecular weight is 326 g/mol. The molecule has 1 heterocycles. The van der Waals surface area contributed by atoms with E-state index < -0.39 is 0 Å². The number of carbonyl (C=O) groups is 1. The standard InChI is InChI=1S/C18H18N2O2S/c1-22-10-4-7-17(21)20-18-19-16(12-23-18)15-9-8-13-5-2-3-6-14(13)11-15/h2-3,5-6,8-9,11-12H,4,7,10H2,1H3,(H,19,20,21). The van der Waals surface area contributed by atoms with E-state index in [0.29, 0.717) is 24.6 Å². The van der Waals surface area contributed by atoms with Gasteiger partial charge in [0.25, 0.3) is 0 Å². The number of thiazole rings is 1. The monoisotopic (exact) mass is 326 g/mol. The van der Waals surface area contributed by atoms with Crippen LogP contribution in [-0.2, 0) is 9.53 Å². The summed E-state index contributed by atoms with van der Waals surface area (Å²) in [4.78, 5) is 16.3. The minimum absolute atomic E-state index is 0.0264. The van der Waals surface area contributed by atoms with Gasteiger partial charge in [-0.15, -0.1) is 11.3 Å². The van der Waals surface area contributed by atoms with Gasteiger partial charge < -0.3 is 10.1 Å². The van der Waals surface area contributed by atoms with Crippen molar-refractivity contribution in [3.05, 3.63) is 47.8 Å². The number of hydrogen-bond donors (Lipinski definition) is 1. The third-order valence-corrected chi connectivity index (χ3v) is 4.31. The molecule has 2 aromatic carbocycles. The van der Waals surface area contributed by atoms with Crippen molar-refractivity contribution in [1.82, 2.24) is 4.98 Å². The van der Waals surface area contributed by atoms with Crippen LogP contribution in [0.2, 0.25) is 0 Å². The first kappa shape index (κ1) is 15.6. The van der Waals surface area contributed by atoms with Gasteiger partial charge in [0, 0.05) is 31.1 Å². The lowest BCUT2D eigenvalue weighted by Crippen LogP contribution is -2.11. The van der Waals surface area contributed by atoms with Crippen LogP contribution in [-0.4, -0.2) is 24.6 Å². The fourth-order valence-electron chi connectivity index (χ4n) is 2.37. The van der Waals surface area contributed by atoms with Crippen LogP contribution in [0.1, 0.15) is 12.8 Å². The molecular formula is C18H18N2O2S. The number of nitrogens with one attached hydrogen (secondary N) is 1. The molecule has 0 unspecified atom stereocenters. The Kier molecular flexibility index (Phi) is 5.00. The second-order valence-corrected chi connectivity index (χ2v) is 6.10. The molecule has 5 heteroatoms. The van der Waals surface area contributed by atoms with E-state index in [4.69, 9.17) is 4.74 Å². The molecule has 4 nitrogen and oxygen atoms in total. The van der Waals surface area contributed by atoms with E-state index >= 15 is 0 Å². The molecule has 0 aliphatic carbocycles. The zero-order valence-corrected chi connectivity index (χ0v) is 13.7. The summed E-state index contributed by atoms with van der Waals surface area (Å²) in [6.07, 6.45) is 1.16. The molecular weight excluding hydrogens is 308 g/mol. The number of nitrogens with zero attached hydrogens (tertiary/aromatic N) is 1. The Balaban J connectivity index is 1.71. The summed E-state index contributed by atoms with van der Waals surface area (Å²) in [5, 5.41) is 7.83. The minimum Gasteiger partial charge on any atom is -0.385 e. The van der Waals surface area contributed by atoms with Crippen molar-refractivity contribution in [1.29, 1.82) is 0 Å². The largest absolute Gasteiger partial charge is 0.385 e. The van der Waals surface area contributed by atoms with E-state index in [-0.39, 0.29) is 5.91 Å². The van der Waals surface area contributed by atoms with E-state index in [1.807, 2.05) is 17.5 Å². The first-order valence-corrected chi connectivity index (χ1v) is 8.38. The summed E-state index contributed by atoms with van der Waals surface area (Å²) < 4.78 is 4.95. The summed E-state index contributed by atoms with van der Waals surface area (Å²) >= 11 is 1.44. The molecule has 23 heavy (non-hydrogen) atoms. The summed E-state index contributed by atoms with van der Waals surface area (Å²) in [6.45, 7) is 0.591. The van der Waals surface area contributed by atoms with E-state index in [2.05, 4.69) is 40.6 Å². The maximum atomic E-state index is 11.8. The maximum Gasteiger partial charge on any atom is 0.226 e. The molecule has 0 fully saturated rings. The van der Waals surface area contributed by atoms with E-state index in [1.165, 1.54) is 22.1 Å². The van der Waals surface area contributed by atoms with Crippen molar-refractivity contribution in [2.45, 2.75) is 12.8 Å². The number of hydrogen-bond acceptors (Lipinski definition) is 4. The molecule has 0 atom stereocenters. The van der Waals surface area contributed by atoms with Crippen LogP contribution in [0.15, 0.2) is 47.8 Å². The Hall–Kier alpha value is -2.24. The van der Waals surface area contributed by atoms with Crippen molar-refractivity contribution >= 4 is 33.1 Å². The Morgan fingerprint density at radius 3 is 2.87 bits per heavy atom. The van der Waals surface area contributed by atoms with Crippen LogP contribution in [0.3, 0.4) is 0 Å². The van der Waals surface area contributed by atoms with Gasteiger partial charge in [-0.2, -0.15) is 0 Å². The van der Waals surface area contributed by atoms with Crippen LogP contribution < -0.4 is 5.32 Å². The van der Waals surface area contributed by atoms with Gasteiger partial charge >= 0.3 is 0 Å². The lowest BCUT2D eigenvalue weighted by molar-refractivity contribution is -0.116. The van der Waals surface area contributed by atoms with Gasteiger partial charge in [-0.25, -0.2) is 4.98 Å². The Bertz CT molecular complexity index is 813. The Labute approximate surface area is 139 Å². The third kappa shape index (κ3) is 3.94. The average Bonchev–Trinajstić information content (AvgIpc) is 3.03. The zero-order valence-electron chi connectivity index (χ0n) is 12.9. The molecule has 0 bridgehead atoms. The highest BCUT2D eigenvalue weighted by molar-refractivity contribution is 7.14. The number of rotatable bonds is 6. The van der Waals surface area contributed by atoms with Crippen molar-refractivity contribution in [3.63, 3.8) is 0 Å². The third-order valence-electron chi connectivity index (χ3n) is 3.55. The maximum absolute atomic E-state index is 11.8. The second kappa shape index (κ2) is 7.35. The second-order valence-electron chi connectivity index (χ2n) is 5.24. The Morgan fingerprint density at radius 2 is 2.04 bits per heavy atom. The molecule has 0 saturated heterocycles. The van der Waals surface area contributed by atoms with E-state index in [9.17, 15) is 4.79 Å². The predicted molar refractivity (Wildman–Crippen MR) is 94.8 cm³/mol. The van der Waals surface area contributed by atoms with Crippen LogP contribution in [0.4, 0.5) is 5.13 Å². The number of amides is 1. The number of anilines is 1. The highest BCUT2D eigenvalue weighted by atomic mass is 32.1. The van der Waals surface area contributed by atoms with Crippen molar-refractivity contribution < 1.29 is 9.53 Å². The molecule has 3 aromatic rings. The molecule has 3 rings (SSSR count). The van der Waals surface area contributed by atoms with Gasteiger partial charge in [0.1, 0.15) is 0 Å². The summed E-state index contributed by atoms with van der Waals surface area (Å²) in [7, 11) is 1.63. The summed E-state index contributed by atoms with van der Waals surface area (Å²) in [5.41, 5.74) is 1.94. The number of ether oxygens (including phenoxy) is 1. The lowest BCUT2D eigenvalue weighted by Gasteiger charge is -2.02. The molecule has 1 N–H and O–H groups in total. The SMILES string of the molecule is COCCCC(=O)Nc1nc(-c2ccc3ccccc3c2)cs1. The van der Waals surface area contributed by atoms with Gasteiger partial charge in [0.2, 0.25) is 5.91 Å². The van der Waals surface area contributed by atoms with Gasteiger partial charge in [-0.05, 0) is 23.3 Å². The molecule has 0 radical (unpaired) electrons. The molecule has 0 aliphatic rings. The van der Waals surface area contributed by atoms with Crippen molar-refractivity contribution in [3.8, 4) is 11.3 Å². The molecule has 1 aromatic heterocycles. The van der Waals surface area contributed by atoms with E-state index in [1.54, 1.807) is 7.11 Å². The van der Waals surface area contributed by atoms with Gasteiger partial charge in [-0.1, -0.05) is 36.4 Å². The van der Waals surface area contributed by atoms with Crippen LogP contribution in [0.25, 0.3) is 22.0 Å². The lowest BCUT2D eigenvalue weighted by atomic mass is 10.1. The zero-order chi connectivity index (χ0) is 16.1. The molecule has 0 aliphatic heterocycles. The fourth-order valence-corrected chi connectivity index (χ4v) is 3.11. The number of aromatic nitrogens is 1.